The third-order valence-corrected chi connectivity index (χ3v) is 3.12. The summed E-state index contributed by atoms with van der Waals surface area (Å²) in [6.07, 6.45) is 0. The van der Waals surface area contributed by atoms with E-state index in [1.165, 1.54) is 12.1 Å². The first-order chi connectivity index (χ1) is 9.69. The van der Waals surface area contributed by atoms with Gasteiger partial charge in [0.05, 0.1) is 20.3 Å². The Kier molecular flexibility index (Phi) is 4.55. The summed E-state index contributed by atoms with van der Waals surface area (Å²) in [6, 6.07) is 11.3. The molecule has 0 aliphatic heterocycles. The van der Waals surface area contributed by atoms with E-state index in [0.29, 0.717) is 11.5 Å². The van der Waals surface area contributed by atoms with Crippen molar-refractivity contribution < 1.29 is 13.9 Å². The maximum Gasteiger partial charge on any atom is 0.124 e. The van der Waals surface area contributed by atoms with Crippen molar-refractivity contribution in [2.24, 2.45) is 5.84 Å². The second-order valence-electron chi connectivity index (χ2n) is 4.26. The number of hydrogen-bond donors (Lipinski definition) is 2. The number of nitrogens with one attached hydrogen (secondary N) is 1. The summed E-state index contributed by atoms with van der Waals surface area (Å²) in [5.41, 5.74) is 4.38. The summed E-state index contributed by atoms with van der Waals surface area (Å²) >= 11 is 0. The van der Waals surface area contributed by atoms with Gasteiger partial charge in [0.15, 0.2) is 0 Å². The van der Waals surface area contributed by atoms with Crippen LogP contribution in [0.15, 0.2) is 42.5 Å². The predicted molar refractivity (Wildman–Crippen MR) is 75.1 cm³/mol. The van der Waals surface area contributed by atoms with Gasteiger partial charge in [0.2, 0.25) is 0 Å². The molecule has 2 aromatic carbocycles. The molecule has 0 bridgehead atoms. The topological polar surface area (TPSA) is 56.5 Å². The predicted octanol–water partition coefficient (Wildman–Crippen LogP) is 2.40. The van der Waals surface area contributed by atoms with Crippen molar-refractivity contribution in [3.8, 4) is 11.5 Å². The van der Waals surface area contributed by atoms with Gasteiger partial charge in [-0.15, -0.1) is 0 Å². The average Bonchev–Trinajstić information content (AvgIpc) is 2.49. The zero-order chi connectivity index (χ0) is 14.5. The van der Waals surface area contributed by atoms with Crippen LogP contribution < -0.4 is 20.7 Å². The first-order valence-corrected chi connectivity index (χ1v) is 6.13. The molecule has 1 atom stereocenters. The van der Waals surface area contributed by atoms with Crippen LogP contribution in [-0.4, -0.2) is 14.2 Å². The first-order valence-electron chi connectivity index (χ1n) is 6.13. The van der Waals surface area contributed by atoms with E-state index < -0.39 is 0 Å². The van der Waals surface area contributed by atoms with Gasteiger partial charge >= 0.3 is 0 Å². The van der Waals surface area contributed by atoms with Gasteiger partial charge in [-0.2, -0.15) is 0 Å². The zero-order valence-electron chi connectivity index (χ0n) is 11.4. The van der Waals surface area contributed by atoms with Crippen LogP contribution in [0.2, 0.25) is 0 Å². The lowest BCUT2D eigenvalue weighted by Crippen LogP contribution is -2.29. The maximum absolute atomic E-state index is 13.0. The molecule has 0 spiro atoms. The Balaban J connectivity index is 2.47. The van der Waals surface area contributed by atoms with E-state index in [1.807, 2.05) is 12.1 Å². The quantitative estimate of drug-likeness (QED) is 0.650. The van der Waals surface area contributed by atoms with Crippen LogP contribution in [-0.2, 0) is 0 Å². The van der Waals surface area contributed by atoms with Crippen LogP contribution in [0.4, 0.5) is 4.39 Å². The number of ether oxygens (including phenoxy) is 2. The van der Waals surface area contributed by atoms with Crippen LogP contribution in [0, 0.1) is 5.82 Å². The van der Waals surface area contributed by atoms with Gasteiger partial charge in [0, 0.05) is 5.56 Å². The molecule has 20 heavy (non-hydrogen) atoms. The van der Waals surface area contributed by atoms with E-state index in [1.54, 1.807) is 32.4 Å². The smallest absolute Gasteiger partial charge is 0.124 e. The summed E-state index contributed by atoms with van der Waals surface area (Å²) in [5, 5.41) is 0. The molecule has 0 fully saturated rings. The second-order valence-corrected chi connectivity index (χ2v) is 4.26. The molecule has 1 unspecified atom stereocenters. The highest BCUT2D eigenvalue weighted by molar-refractivity contribution is 5.46. The highest BCUT2D eigenvalue weighted by Crippen LogP contribution is 2.32. The van der Waals surface area contributed by atoms with Crippen LogP contribution in [0.25, 0.3) is 0 Å². The number of hydrogen-bond acceptors (Lipinski definition) is 4. The molecule has 2 rings (SSSR count). The molecule has 3 N–H and O–H groups in total. The van der Waals surface area contributed by atoms with Crippen molar-refractivity contribution in [1.82, 2.24) is 5.43 Å². The van der Waals surface area contributed by atoms with Crippen LogP contribution in [0.1, 0.15) is 17.2 Å². The zero-order valence-corrected chi connectivity index (χ0v) is 11.4. The molecule has 0 heterocycles. The molecular formula is C15H17FN2O2. The van der Waals surface area contributed by atoms with Gasteiger partial charge in [0.25, 0.3) is 0 Å². The van der Waals surface area contributed by atoms with Gasteiger partial charge in [-0.1, -0.05) is 12.1 Å². The van der Waals surface area contributed by atoms with Gasteiger partial charge in [-0.25, -0.2) is 9.82 Å². The fraction of sp³-hybridized carbons (Fsp3) is 0.200. The van der Waals surface area contributed by atoms with Crippen molar-refractivity contribution in [3.05, 3.63) is 59.4 Å². The van der Waals surface area contributed by atoms with Crippen LogP contribution in [0.5, 0.6) is 11.5 Å². The molecule has 106 valence electrons. The SMILES string of the molecule is COc1ccc(OC)c(C(NN)c2ccc(F)cc2)c1. The number of methoxy groups -OCH3 is 2. The van der Waals surface area contributed by atoms with E-state index in [9.17, 15) is 4.39 Å². The van der Waals surface area contributed by atoms with Gasteiger partial charge < -0.3 is 9.47 Å². The van der Waals surface area contributed by atoms with Gasteiger partial charge in [-0.3, -0.25) is 5.84 Å². The fourth-order valence-electron chi connectivity index (χ4n) is 2.09. The molecule has 0 amide bonds. The van der Waals surface area contributed by atoms with Gasteiger partial charge in [-0.05, 0) is 35.9 Å². The lowest BCUT2D eigenvalue weighted by atomic mass is 9.98. The molecule has 0 saturated carbocycles. The van der Waals surface area contributed by atoms with Crippen molar-refractivity contribution in [2.75, 3.05) is 14.2 Å². The molecule has 0 aliphatic rings. The Bertz CT molecular complexity index is 573. The van der Waals surface area contributed by atoms with E-state index in [-0.39, 0.29) is 11.9 Å². The van der Waals surface area contributed by atoms with Gasteiger partial charge in [0.1, 0.15) is 17.3 Å². The Labute approximate surface area is 117 Å². The lowest BCUT2D eigenvalue weighted by molar-refractivity contribution is 0.394. The molecule has 4 nitrogen and oxygen atoms in total. The largest absolute Gasteiger partial charge is 0.497 e. The average molecular weight is 276 g/mol. The third-order valence-electron chi connectivity index (χ3n) is 3.12. The highest BCUT2D eigenvalue weighted by Gasteiger charge is 2.18. The number of hydrazine groups is 1. The fourth-order valence-corrected chi connectivity index (χ4v) is 2.09. The minimum Gasteiger partial charge on any atom is -0.497 e. The Morgan fingerprint density at radius 3 is 2.30 bits per heavy atom. The Morgan fingerprint density at radius 1 is 1.05 bits per heavy atom. The van der Waals surface area contributed by atoms with E-state index >= 15 is 0 Å². The number of nitrogens with two attached hydrogens (primary N) is 1. The Hall–Kier alpha value is -2.11. The van der Waals surface area contributed by atoms with Crippen molar-refractivity contribution >= 4 is 0 Å². The van der Waals surface area contributed by atoms with Crippen LogP contribution >= 0.6 is 0 Å². The summed E-state index contributed by atoms with van der Waals surface area (Å²) < 4.78 is 23.6. The summed E-state index contributed by atoms with van der Waals surface area (Å²) in [7, 11) is 3.18. The number of benzene rings is 2. The minimum atomic E-state index is -0.319. The minimum absolute atomic E-state index is 0.290. The summed E-state index contributed by atoms with van der Waals surface area (Å²) in [4.78, 5) is 0. The summed E-state index contributed by atoms with van der Waals surface area (Å²) in [5.74, 6) is 6.74. The molecule has 0 aliphatic carbocycles. The number of rotatable bonds is 5. The highest BCUT2D eigenvalue weighted by atomic mass is 19.1. The lowest BCUT2D eigenvalue weighted by Gasteiger charge is -2.20. The molecule has 0 saturated heterocycles. The third kappa shape index (κ3) is 2.89. The second kappa shape index (κ2) is 6.36. The van der Waals surface area contributed by atoms with Crippen molar-refractivity contribution in [3.63, 3.8) is 0 Å². The normalized spacial score (nSPS) is 12.0. The standard InChI is InChI=1S/C15H17FN2O2/c1-19-12-7-8-14(20-2)13(9-12)15(18-17)10-3-5-11(16)6-4-10/h3-9,15,18H,17H2,1-2H3. The van der Waals surface area contributed by atoms with E-state index in [0.717, 1.165) is 11.1 Å². The van der Waals surface area contributed by atoms with E-state index in [2.05, 4.69) is 5.43 Å². The molecular weight excluding hydrogens is 259 g/mol. The summed E-state index contributed by atoms with van der Waals surface area (Å²) in [6.45, 7) is 0. The molecule has 0 radical (unpaired) electrons. The van der Waals surface area contributed by atoms with Crippen molar-refractivity contribution in [1.29, 1.82) is 0 Å². The molecule has 0 aromatic heterocycles. The maximum atomic E-state index is 13.0. The van der Waals surface area contributed by atoms with Crippen LogP contribution in [0.3, 0.4) is 0 Å². The molecule has 2 aromatic rings. The van der Waals surface area contributed by atoms with E-state index in [4.69, 9.17) is 15.3 Å². The number of halogens is 1. The monoisotopic (exact) mass is 276 g/mol. The van der Waals surface area contributed by atoms with Crippen molar-refractivity contribution in [2.45, 2.75) is 6.04 Å². The Morgan fingerprint density at radius 2 is 1.75 bits per heavy atom. The first kappa shape index (κ1) is 14.3. The molecule has 5 heteroatoms.